The van der Waals surface area contributed by atoms with Crippen LogP contribution in [0.4, 0.5) is 13.2 Å². The number of piperazine rings is 1. The Labute approximate surface area is 181 Å². The molecule has 2 aromatic heterocycles. The van der Waals surface area contributed by atoms with Crippen molar-refractivity contribution in [3.05, 3.63) is 66.1 Å². The molecule has 1 aromatic carbocycles. The molecule has 0 bridgehead atoms. The molecule has 3 heterocycles. The van der Waals surface area contributed by atoms with Gasteiger partial charge in [-0.15, -0.1) is 0 Å². The molecule has 1 aliphatic heterocycles. The number of carbonyl (C=O) groups excluding carboxylic acids is 1. The second-order valence-corrected chi connectivity index (χ2v) is 8.98. The molecular formula is C20H17F3N4O4S. The molecule has 4 rings (SSSR count). The van der Waals surface area contributed by atoms with Crippen LogP contribution in [0.3, 0.4) is 0 Å². The number of benzene rings is 1. The fourth-order valence-electron chi connectivity index (χ4n) is 3.30. The largest absolute Gasteiger partial charge is 0.416 e. The highest BCUT2D eigenvalue weighted by Crippen LogP contribution is 2.31. The zero-order valence-corrected chi connectivity index (χ0v) is 17.3. The van der Waals surface area contributed by atoms with E-state index in [9.17, 15) is 26.4 Å². The molecule has 12 heteroatoms. The molecule has 1 saturated heterocycles. The maximum Gasteiger partial charge on any atom is 0.416 e. The first-order valence-corrected chi connectivity index (χ1v) is 10.9. The van der Waals surface area contributed by atoms with E-state index in [2.05, 4.69) is 10.1 Å². The van der Waals surface area contributed by atoms with Gasteiger partial charge in [-0.3, -0.25) is 9.78 Å². The lowest BCUT2D eigenvalue weighted by Gasteiger charge is -2.33. The van der Waals surface area contributed by atoms with Crippen molar-refractivity contribution >= 4 is 15.9 Å². The van der Waals surface area contributed by atoms with Crippen molar-refractivity contribution in [1.82, 2.24) is 19.3 Å². The zero-order chi connectivity index (χ0) is 22.9. The van der Waals surface area contributed by atoms with Crippen LogP contribution >= 0.6 is 0 Å². The molecule has 0 N–H and O–H groups in total. The highest BCUT2D eigenvalue weighted by molar-refractivity contribution is 7.89. The molecule has 1 aliphatic rings. The number of hydrogen-bond acceptors (Lipinski definition) is 6. The van der Waals surface area contributed by atoms with Crippen molar-refractivity contribution < 1.29 is 30.9 Å². The highest BCUT2D eigenvalue weighted by Gasteiger charge is 2.35. The zero-order valence-electron chi connectivity index (χ0n) is 16.5. The fraction of sp³-hybridized carbons (Fsp3) is 0.250. The third-order valence-electron chi connectivity index (χ3n) is 5.00. The van der Waals surface area contributed by atoms with Gasteiger partial charge in [0, 0.05) is 50.2 Å². The molecule has 168 valence electrons. The van der Waals surface area contributed by atoms with Gasteiger partial charge in [-0.25, -0.2) is 8.42 Å². The van der Waals surface area contributed by atoms with E-state index in [-0.39, 0.29) is 31.9 Å². The van der Waals surface area contributed by atoms with Crippen LogP contribution in [0.15, 0.2) is 64.3 Å². The first-order chi connectivity index (χ1) is 15.2. The summed E-state index contributed by atoms with van der Waals surface area (Å²) in [5.41, 5.74) is -0.322. The average Bonchev–Trinajstić information content (AvgIpc) is 3.29. The van der Waals surface area contributed by atoms with Crippen molar-refractivity contribution in [1.29, 1.82) is 0 Å². The highest BCUT2D eigenvalue weighted by atomic mass is 32.2. The third kappa shape index (κ3) is 4.36. The predicted octanol–water partition coefficient (Wildman–Crippen LogP) is 2.90. The van der Waals surface area contributed by atoms with Crippen LogP contribution in [0.1, 0.15) is 16.1 Å². The molecule has 32 heavy (non-hydrogen) atoms. The Balaban J connectivity index is 1.44. The Morgan fingerprint density at radius 2 is 1.78 bits per heavy atom. The van der Waals surface area contributed by atoms with Crippen molar-refractivity contribution in [3.63, 3.8) is 0 Å². The Bertz CT molecular complexity index is 1220. The van der Waals surface area contributed by atoms with Crippen LogP contribution in [-0.2, 0) is 16.2 Å². The van der Waals surface area contributed by atoms with Crippen molar-refractivity contribution in [3.8, 4) is 11.3 Å². The van der Waals surface area contributed by atoms with Crippen LogP contribution in [0, 0.1) is 0 Å². The van der Waals surface area contributed by atoms with Gasteiger partial charge < -0.3 is 9.42 Å². The van der Waals surface area contributed by atoms with Crippen molar-refractivity contribution in [2.45, 2.75) is 11.1 Å². The van der Waals surface area contributed by atoms with E-state index in [1.54, 1.807) is 24.5 Å². The van der Waals surface area contributed by atoms with E-state index in [0.717, 1.165) is 22.5 Å². The number of hydrogen-bond donors (Lipinski definition) is 0. The molecule has 0 aliphatic carbocycles. The molecule has 3 aromatic rings. The standard InChI is InChI=1S/C20H17F3N4O4S/c21-20(22,23)15-4-1-5-16(11-15)32(29,30)27-9-7-26(8-10-27)19(28)17-12-18(31-25-17)14-3-2-6-24-13-14/h1-6,11-13H,7-10H2. The van der Waals surface area contributed by atoms with Crippen molar-refractivity contribution in [2.75, 3.05) is 26.2 Å². The number of rotatable bonds is 4. The van der Waals surface area contributed by atoms with E-state index in [1.807, 2.05) is 0 Å². The quantitative estimate of drug-likeness (QED) is 0.587. The number of halogens is 3. The normalized spacial score (nSPS) is 15.7. The minimum Gasteiger partial charge on any atom is -0.355 e. The molecule has 1 fully saturated rings. The molecule has 8 nitrogen and oxygen atoms in total. The second-order valence-electron chi connectivity index (χ2n) is 7.04. The Morgan fingerprint density at radius 3 is 2.44 bits per heavy atom. The number of amides is 1. The number of nitrogens with zero attached hydrogens (tertiary/aromatic N) is 4. The lowest BCUT2D eigenvalue weighted by molar-refractivity contribution is -0.137. The summed E-state index contributed by atoms with van der Waals surface area (Å²) in [5, 5.41) is 3.78. The van der Waals surface area contributed by atoms with Crippen molar-refractivity contribution in [2.24, 2.45) is 0 Å². The summed E-state index contributed by atoms with van der Waals surface area (Å²) < 4.78 is 70.7. The fourth-order valence-corrected chi connectivity index (χ4v) is 4.76. The molecule has 1 amide bonds. The molecule has 0 radical (unpaired) electrons. The van der Waals surface area contributed by atoms with E-state index in [0.29, 0.717) is 17.4 Å². The van der Waals surface area contributed by atoms with Crippen LogP contribution in [0.2, 0.25) is 0 Å². The Morgan fingerprint density at radius 1 is 1.03 bits per heavy atom. The summed E-state index contributed by atoms with van der Waals surface area (Å²) in [7, 11) is -4.14. The van der Waals surface area contributed by atoms with Crippen LogP contribution < -0.4 is 0 Å². The predicted molar refractivity (Wildman–Crippen MR) is 106 cm³/mol. The van der Waals surface area contributed by atoms with Crippen LogP contribution in [0.25, 0.3) is 11.3 Å². The number of pyridine rings is 1. The van der Waals surface area contributed by atoms with Crippen LogP contribution in [0.5, 0.6) is 0 Å². The summed E-state index contributed by atoms with van der Waals surface area (Å²) in [6.45, 7) is 0.00743. The summed E-state index contributed by atoms with van der Waals surface area (Å²) in [6, 6.07) is 8.54. The first kappa shape index (κ1) is 22.0. The SMILES string of the molecule is O=C(c1cc(-c2cccnc2)on1)N1CCN(S(=O)(=O)c2cccc(C(F)(F)F)c2)CC1. The molecule has 0 unspecified atom stereocenters. The lowest BCUT2D eigenvalue weighted by atomic mass is 10.2. The third-order valence-corrected chi connectivity index (χ3v) is 6.89. The van der Waals surface area contributed by atoms with Gasteiger partial charge in [0.2, 0.25) is 10.0 Å². The first-order valence-electron chi connectivity index (χ1n) is 9.50. The average molecular weight is 466 g/mol. The monoisotopic (exact) mass is 466 g/mol. The molecule has 0 spiro atoms. The second kappa shape index (κ2) is 8.36. The number of carbonyl (C=O) groups is 1. The molecular weight excluding hydrogens is 449 g/mol. The van der Waals surface area contributed by atoms with E-state index >= 15 is 0 Å². The van der Waals surface area contributed by atoms with Gasteiger partial charge in [0.1, 0.15) is 0 Å². The summed E-state index contributed by atoms with van der Waals surface area (Å²) >= 11 is 0. The van der Waals surface area contributed by atoms with E-state index in [4.69, 9.17) is 4.52 Å². The van der Waals surface area contributed by atoms with Gasteiger partial charge in [-0.1, -0.05) is 11.2 Å². The van der Waals surface area contributed by atoms with Gasteiger partial charge in [-0.05, 0) is 30.3 Å². The molecule has 0 atom stereocenters. The Kier molecular flexibility index (Phi) is 5.73. The molecule has 0 saturated carbocycles. The lowest BCUT2D eigenvalue weighted by Crippen LogP contribution is -2.50. The van der Waals surface area contributed by atoms with Gasteiger partial charge in [0.05, 0.1) is 10.5 Å². The van der Waals surface area contributed by atoms with Gasteiger partial charge in [-0.2, -0.15) is 17.5 Å². The van der Waals surface area contributed by atoms with Gasteiger partial charge >= 0.3 is 6.18 Å². The van der Waals surface area contributed by atoms with Gasteiger partial charge in [0.25, 0.3) is 5.91 Å². The topological polar surface area (TPSA) is 96.6 Å². The minimum absolute atomic E-state index is 0.0579. The summed E-state index contributed by atoms with van der Waals surface area (Å²) in [4.78, 5) is 17.7. The minimum atomic E-state index is -4.65. The summed E-state index contributed by atoms with van der Waals surface area (Å²) in [6.07, 6.45) is -1.49. The summed E-state index contributed by atoms with van der Waals surface area (Å²) in [5.74, 6) is -0.0628. The Hall–Kier alpha value is -3.25. The maximum atomic E-state index is 12.9. The van der Waals surface area contributed by atoms with E-state index in [1.165, 1.54) is 11.0 Å². The number of sulfonamides is 1. The van der Waals surface area contributed by atoms with Gasteiger partial charge in [0.15, 0.2) is 11.5 Å². The van der Waals surface area contributed by atoms with E-state index < -0.39 is 32.6 Å². The number of aromatic nitrogens is 2. The number of alkyl halides is 3. The smallest absolute Gasteiger partial charge is 0.355 e. The van der Waals surface area contributed by atoms with Crippen LogP contribution in [-0.4, -0.2) is 59.8 Å². The maximum absolute atomic E-state index is 12.9.